The molecule has 3 rings (SSSR count). The first-order valence-corrected chi connectivity index (χ1v) is 8.85. The first-order chi connectivity index (χ1) is 11.7. The summed E-state index contributed by atoms with van der Waals surface area (Å²) in [5.74, 6) is 0.810. The third-order valence-electron chi connectivity index (χ3n) is 3.94. The Labute approximate surface area is 145 Å². The molecule has 126 valence electrons. The van der Waals surface area contributed by atoms with E-state index in [0.717, 1.165) is 41.2 Å². The van der Waals surface area contributed by atoms with Crippen molar-refractivity contribution in [3.63, 3.8) is 0 Å². The number of hydrogen-bond donors (Lipinski definition) is 1. The van der Waals surface area contributed by atoms with Gasteiger partial charge in [0.15, 0.2) is 0 Å². The van der Waals surface area contributed by atoms with Crippen LogP contribution in [0.5, 0.6) is 0 Å². The van der Waals surface area contributed by atoms with E-state index in [1.807, 2.05) is 42.8 Å². The number of H-pyrrole nitrogens is 1. The molecule has 0 saturated heterocycles. The van der Waals surface area contributed by atoms with Crippen molar-refractivity contribution in [2.75, 3.05) is 27.3 Å². The molecule has 1 amide bonds. The van der Waals surface area contributed by atoms with E-state index in [1.54, 1.807) is 23.3 Å². The zero-order chi connectivity index (χ0) is 16.9. The lowest BCUT2D eigenvalue weighted by Gasteiger charge is -2.17. The van der Waals surface area contributed by atoms with Crippen molar-refractivity contribution in [2.24, 2.45) is 0 Å². The maximum atomic E-state index is 12.8. The van der Waals surface area contributed by atoms with Crippen LogP contribution >= 0.6 is 11.3 Å². The second-order valence-corrected chi connectivity index (χ2v) is 6.64. The highest BCUT2D eigenvalue weighted by Crippen LogP contribution is 2.26. The normalized spacial score (nSPS) is 11.1. The summed E-state index contributed by atoms with van der Waals surface area (Å²) in [6.45, 7) is 1.43. The average Bonchev–Trinajstić information content (AvgIpc) is 3.26. The predicted molar refractivity (Wildman–Crippen MR) is 97.5 cm³/mol. The first kappa shape index (κ1) is 16.7. The Hall–Kier alpha value is -2.18. The second kappa shape index (κ2) is 7.59. The number of aromatic amines is 1. The molecule has 2 aromatic heterocycles. The van der Waals surface area contributed by atoms with Crippen LogP contribution in [0, 0.1) is 0 Å². The summed E-state index contributed by atoms with van der Waals surface area (Å²) in [6, 6.07) is 9.70. The van der Waals surface area contributed by atoms with Crippen molar-refractivity contribution in [3.05, 3.63) is 41.3 Å². The third kappa shape index (κ3) is 3.49. The second-order valence-electron chi connectivity index (χ2n) is 5.69. The fourth-order valence-corrected chi connectivity index (χ4v) is 3.31. The highest BCUT2D eigenvalue weighted by Gasteiger charge is 2.17. The highest BCUT2D eigenvalue weighted by molar-refractivity contribution is 7.13. The van der Waals surface area contributed by atoms with Gasteiger partial charge in [-0.25, -0.2) is 4.98 Å². The minimum absolute atomic E-state index is 0.00208. The molecule has 1 aromatic carbocycles. The lowest BCUT2D eigenvalue weighted by Crippen LogP contribution is -2.28. The van der Waals surface area contributed by atoms with Gasteiger partial charge in [-0.15, -0.1) is 11.3 Å². The van der Waals surface area contributed by atoms with Crippen LogP contribution in [0.4, 0.5) is 0 Å². The number of para-hydroxylation sites is 1. The molecule has 0 unspecified atom stereocenters. The number of methoxy groups -OCH3 is 1. The fraction of sp³-hybridized carbons (Fsp3) is 0.333. The van der Waals surface area contributed by atoms with Crippen LogP contribution in [0.3, 0.4) is 0 Å². The molecular formula is C18H21N3O2S. The Kier molecular flexibility index (Phi) is 5.27. The zero-order valence-corrected chi connectivity index (χ0v) is 14.7. The van der Waals surface area contributed by atoms with Gasteiger partial charge in [0.25, 0.3) is 5.91 Å². The topological polar surface area (TPSA) is 58.2 Å². The molecule has 6 heteroatoms. The zero-order valence-electron chi connectivity index (χ0n) is 13.9. The first-order valence-electron chi connectivity index (χ1n) is 7.97. The molecule has 5 nitrogen and oxygen atoms in total. The maximum absolute atomic E-state index is 12.8. The van der Waals surface area contributed by atoms with E-state index in [1.165, 1.54) is 0 Å². The number of nitrogens with zero attached hydrogens (tertiary/aromatic N) is 2. The van der Waals surface area contributed by atoms with Crippen molar-refractivity contribution >= 4 is 28.3 Å². The number of aromatic nitrogens is 2. The van der Waals surface area contributed by atoms with E-state index in [4.69, 9.17) is 4.74 Å². The fourth-order valence-electron chi connectivity index (χ4n) is 2.64. The van der Waals surface area contributed by atoms with Gasteiger partial charge in [0.2, 0.25) is 0 Å². The molecular weight excluding hydrogens is 322 g/mol. The molecule has 1 N–H and O–H groups in total. The van der Waals surface area contributed by atoms with Crippen LogP contribution in [0.1, 0.15) is 23.2 Å². The monoisotopic (exact) mass is 343 g/mol. The number of thiophene rings is 1. The van der Waals surface area contributed by atoms with E-state index in [0.29, 0.717) is 12.1 Å². The van der Waals surface area contributed by atoms with Gasteiger partial charge in [0.1, 0.15) is 11.3 Å². The number of fused-ring (bicyclic) bond motifs is 1. The van der Waals surface area contributed by atoms with Crippen LogP contribution in [0.25, 0.3) is 21.7 Å². The van der Waals surface area contributed by atoms with E-state index in [9.17, 15) is 4.79 Å². The molecule has 3 aromatic rings. The summed E-state index contributed by atoms with van der Waals surface area (Å²) in [4.78, 5) is 23.5. The number of carbonyl (C=O) groups excluding carboxylic acids is 1. The van der Waals surface area contributed by atoms with E-state index >= 15 is 0 Å². The maximum Gasteiger partial charge on any atom is 0.255 e. The number of imidazole rings is 1. The van der Waals surface area contributed by atoms with Gasteiger partial charge in [-0.3, -0.25) is 4.79 Å². The summed E-state index contributed by atoms with van der Waals surface area (Å²) in [7, 11) is 3.53. The molecule has 24 heavy (non-hydrogen) atoms. The van der Waals surface area contributed by atoms with Crippen molar-refractivity contribution in [3.8, 4) is 10.7 Å². The molecule has 2 heterocycles. The number of rotatable bonds is 7. The standard InChI is InChI=1S/C18H21N3O2S/c1-21(10-3-4-11-23-2)18(22)13-7-5-8-14-16(13)20-17(19-14)15-9-6-12-24-15/h5-9,12H,3-4,10-11H2,1-2H3,(H,19,20). The van der Waals surface area contributed by atoms with E-state index < -0.39 is 0 Å². The minimum Gasteiger partial charge on any atom is -0.385 e. The van der Waals surface area contributed by atoms with Gasteiger partial charge in [-0.2, -0.15) is 0 Å². The van der Waals surface area contributed by atoms with E-state index in [2.05, 4.69) is 9.97 Å². The Morgan fingerprint density at radius 1 is 1.29 bits per heavy atom. The molecule has 0 bridgehead atoms. The number of benzene rings is 1. The van der Waals surface area contributed by atoms with Crippen molar-refractivity contribution < 1.29 is 9.53 Å². The SMILES string of the molecule is COCCCCN(C)C(=O)c1cccc2[nH]c(-c3cccs3)nc12. The third-order valence-corrected chi connectivity index (χ3v) is 4.81. The van der Waals surface area contributed by atoms with Gasteiger partial charge in [-0.05, 0) is 36.4 Å². The van der Waals surface area contributed by atoms with Gasteiger partial charge >= 0.3 is 0 Å². The Bertz CT molecular complexity index is 811. The number of hydrogen-bond acceptors (Lipinski definition) is 4. The smallest absolute Gasteiger partial charge is 0.255 e. The van der Waals surface area contributed by atoms with Crippen molar-refractivity contribution in [1.82, 2.24) is 14.9 Å². The van der Waals surface area contributed by atoms with Gasteiger partial charge in [0.05, 0.1) is 16.0 Å². The summed E-state index contributed by atoms with van der Waals surface area (Å²) < 4.78 is 5.05. The summed E-state index contributed by atoms with van der Waals surface area (Å²) in [5, 5.41) is 2.02. The number of carbonyl (C=O) groups is 1. The molecule has 0 aliphatic heterocycles. The molecule has 0 radical (unpaired) electrons. The largest absolute Gasteiger partial charge is 0.385 e. The molecule has 0 saturated carbocycles. The predicted octanol–water partition coefficient (Wildman–Crippen LogP) is 3.79. The van der Waals surface area contributed by atoms with Gasteiger partial charge < -0.3 is 14.6 Å². The van der Waals surface area contributed by atoms with Crippen LogP contribution in [-0.2, 0) is 4.74 Å². The van der Waals surface area contributed by atoms with Gasteiger partial charge in [-0.1, -0.05) is 12.1 Å². The Balaban J connectivity index is 1.82. The Morgan fingerprint density at radius 2 is 2.17 bits per heavy atom. The highest BCUT2D eigenvalue weighted by atomic mass is 32.1. The molecule has 0 atom stereocenters. The van der Waals surface area contributed by atoms with Crippen molar-refractivity contribution in [2.45, 2.75) is 12.8 Å². The quantitative estimate of drug-likeness (QED) is 0.664. The molecule has 0 fully saturated rings. The molecule has 0 spiro atoms. The summed E-state index contributed by atoms with van der Waals surface area (Å²) in [5.41, 5.74) is 2.26. The average molecular weight is 343 g/mol. The van der Waals surface area contributed by atoms with Crippen LogP contribution < -0.4 is 0 Å². The summed E-state index contributed by atoms with van der Waals surface area (Å²) in [6.07, 6.45) is 1.87. The molecule has 0 aliphatic carbocycles. The van der Waals surface area contributed by atoms with Crippen LogP contribution in [0.2, 0.25) is 0 Å². The van der Waals surface area contributed by atoms with Gasteiger partial charge in [0, 0.05) is 27.3 Å². The lowest BCUT2D eigenvalue weighted by atomic mass is 10.1. The van der Waals surface area contributed by atoms with E-state index in [-0.39, 0.29) is 5.91 Å². The number of nitrogens with one attached hydrogen (secondary N) is 1. The van der Waals surface area contributed by atoms with Crippen molar-refractivity contribution in [1.29, 1.82) is 0 Å². The number of amides is 1. The molecule has 0 aliphatic rings. The number of unbranched alkanes of at least 4 members (excludes halogenated alkanes) is 1. The Morgan fingerprint density at radius 3 is 2.92 bits per heavy atom. The minimum atomic E-state index is 0.00208. The summed E-state index contributed by atoms with van der Waals surface area (Å²) >= 11 is 1.63. The lowest BCUT2D eigenvalue weighted by molar-refractivity contribution is 0.0790. The number of ether oxygens (including phenoxy) is 1. The van der Waals surface area contributed by atoms with Crippen LogP contribution in [0.15, 0.2) is 35.7 Å². The van der Waals surface area contributed by atoms with Crippen LogP contribution in [-0.4, -0.2) is 48.1 Å².